The summed E-state index contributed by atoms with van der Waals surface area (Å²) in [5.74, 6) is -1.27. The van der Waals surface area contributed by atoms with E-state index in [2.05, 4.69) is 0 Å². The molecule has 0 radical (unpaired) electrons. The Hall–Kier alpha value is -1.66. The molecule has 0 amide bonds. The molecule has 0 aromatic heterocycles. The summed E-state index contributed by atoms with van der Waals surface area (Å²) in [6.45, 7) is 1.08. The number of hydrogen-bond donors (Lipinski definition) is 2. The van der Waals surface area contributed by atoms with Crippen molar-refractivity contribution in [3.05, 3.63) is 29.6 Å². The summed E-state index contributed by atoms with van der Waals surface area (Å²) >= 11 is 0. The van der Waals surface area contributed by atoms with Gasteiger partial charge in [-0.3, -0.25) is 9.69 Å². The van der Waals surface area contributed by atoms with E-state index in [0.29, 0.717) is 30.8 Å². The highest BCUT2D eigenvalue weighted by Gasteiger charge is 2.32. The van der Waals surface area contributed by atoms with Crippen molar-refractivity contribution in [1.82, 2.24) is 4.90 Å². The predicted octanol–water partition coefficient (Wildman–Crippen LogP) is 1.30. The maximum absolute atomic E-state index is 14.0. The largest absolute Gasteiger partial charge is 0.480 e. The number of piperidine rings is 1. The third-order valence-electron chi connectivity index (χ3n) is 3.73. The Bertz CT molecular complexity index is 495. The van der Waals surface area contributed by atoms with E-state index >= 15 is 0 Å². The number of methoxy groups -OCH3 is 1. The van der Waals surface area contributed by atoms with Crippen LogP contribution in [-0.2, 0) is 9.53 Å². The fourth-order valence-electron chi connectivity index (χ4n) is 2.75. The van der Waals surface area contributed by atoms with E-state index in [4.69, 9.17) is 15.6 Å². The third kappa shape index (κ3) is 3.26. The number of hydrogen-bond acceptors (Lipinski definition) is 4. The Morgan fingerprint density at radius 1 is 1.60 bits per heavy atom. The zero-order valence-electron chi connectivity index (χ0n) is 11.4. The Morgan fingerprint density at radius 3 is 2.95 bits per heavy atom. The Labute approximate surface area is 117 Å². The molecule has 20 heavy (non-hydrogen) atoms. The van der Waals surface area contributed by atoms with Crippen LogP contribution in [0.1, 0.15) is 17.9 Å². The Morgan fingerprint density at radius 2 is 2.35 bits per heavy atom. The molecule has 1 aliphatic rings. The molecule has 1 heterocycles. The number of carboxylic acids is 1. The summed E-state index contributed by atoms with van der Waals surface area (Å²) in [7, 11) is 1.57. The van der Waals surface area contributed by atoms with Gasteiger partial charge in [0.15, 0.2) is 0 Å². The molecular weight excluding hydrogens is 263 g/mol. The lowest BCUT2D eigenvalue weighted by atomic mass is 9.86. The number of benzene rings is 1. The van der Waals surface area contributed by atoms with Gasteiger partial charge < -0.3 is 15.6 Å². The molecule has 1 aromatic rings. The normalized spacial score (nSPS) is 23.7. The van der Waals surface area contributed by atoms with Gasteiger partial charge in [0.25, 0.3) is 0 Å². The van der Waals surface area contributed by atoms with Crippen LogP contribution in [0, 0.1) is 5.82 Å². The maximum atomic E-state index is 14.0. The number of halogens is 1. The molecule has 2 rings (SSSR count). The average molecular weight is 282 g/mol. The number of nitrogens with zero attached hydrogens (tertiary/aromatic N) is 1. The van der Waals surface area contributed by atoms with Gasteiger partial charge in [0.1, 0.15) is 5.82 Å². The van der Waals surface area contributed by atoms with Crippen molar-refractivity contribution in [3.63, 3.8) is 0 Å². The lowest BCUT2D eigenvalue weighted by Gasteiger charge is -2.37. The molecule has 0 saturated carbocycles. The van der Waals surface area contributed by atoms with Crippen LogP contribution >= 0.6 is 0 Å². The van der Waals surface area contributed by atoms with E-state index < -0.39 is 5.97 Å². The second-order valence-corrected chi connectivity index (χ2v) is 5.08. The van der Waals surface area contributed by atoms with Crippen LogP contribution in [0.5, 0.6) is 0 Å². The van der Waals surface area contributed by atoms with E-state index in [1.54, 1.807) is 19.2 Å². The van der Waals surface area contributed by atoms with Gasteiger partial charge in [0.05, 0.1) is 12.6 Å². The highest BCUT2D eigenvalue weighted by atomic mass is 19.1. The number of ether oxygens (including phenoxy) is 1. The number of aliphatic carboxylic acids is 1. The summed E-state index contributed by atoms with van der Waals surface area (Å²) in [6.07, 6.45) is 0.438. The van der Waals surface area contributed by atoms with E-state index in [-0.39, 0.29) is 24.4 Å². The van der Waals surface area contributed by atoms with E-state index in [1.165, 1.54) is 6.07 Å². The molecule has 1 saturated heterocycles. The highest BCUT2D eigenvalue weighted by Crippen LogP contribution is 2.32. The monoisotopic (exact) mass is 282 g/mol. The fourth-order valence-corrected chi connectivity index (χ4v) is 2.75. The van der Waals surface area contributed by atoms with Gasteiger partial charge in [-0.1, -0.05) is 6.07 Å². The first-order valence-corrected chi connectivity index (χ1v) is 6.53. The Balaban J connectivity index is 2.14. The molecule has 0 aliphatic carbocycles. The molecule has 0 spiro atoms. The quantitative estimate of drug-likeness (QED) is 0.814. The van der Waals surface area contributed by atoms with Crippen LogP contribution in [0.2, 0.25) is 0 Å². The summed E-state index contributed by atoms with van der Waals surface area (Å²) in [5.41, 5.74) is 6.53. The third-order valence-corrected chi connectivity index (χ3v) is 3.73. The van der Waals surface area contributed by atoms with Crippen molar-refractivity contribution in [1.29, 1.82) is 0 Å². The molecule has 5 nitrogen and oxygen atoms in total. The molecule has 0 bridgehead atoms. The number of likely N-dealkylation sites (tertiary alicyclic amines) is 1. The zero-order chi connectivity index (χ0) is 14.7. The van der Waals surface area contributed by atoms with Gasteiger partial charge >= 0.3 is 5.97 Å². The SMILES string of the molecule is CO[C@H]1CN(CC(=O)O)CC[C@@H]1c1ccc(N)cc1F. The van der Waals surface area contributed by atoms with Gasteiger partial charge in [0.2, 0.25) is 0 Å². The summed E-state index contributed by atoms with van der Waals surface area (Å²) in [6, 6.07) is 4.68. The van der Waals surface area contributed by atoms with E-state index in [0.717, 1.165) is 0 Å². The van der Waals surface area contributed by atoms with Gasteiger partial charge in [-0.15, -0.1) is 0 Å². The van der Waals surface area contributed by atoms with Crippen LogP contribution in [0.25, 0.3) is 0 Å². The second kappa shape index (κ2) is 6.19. The average Bonchev–Trinajstić information content (AvgIpc) is 2.38. The van der Waals surface area contributed by atoms with Crippen molar-refractivity contribution in [3.8, 4) is 0 Å². The summed E-state index contributed by atoms with van der Waals surface area (Å²) < 4.78 is 19.4. The maximum Gasteiger partial charge on any atom is 0.317 e. The number of nitrogens with two attached hydrogens (primary N) is 1. The number of anilines is 1. The van der Waals surface area contributed by atoms with Crippen LogP contribution in [-0.4, -0.2) is 48.8 Å². The van der Waals surface area contributed by atoms with Gasteiger partial charge in [0, 0.05) is 25.3 Å². The lowest BCUT2D eigenvalue weighted by molar-refractivity contribution is -0.139. The fraction of sp³-hybridized carbons (Fsp3) is 0.500. The molecule has 0 unspecified atom stereocenters. The summed E-state index contributed by atoms with van der Waals surface area (Å²) in [4.78, 5) is 12.6. The number of carboxylic acid groups (broad SMARTS) is 1. The van der Waals surface area contributed by atoms with Gasteiger partial charge in [-0.05, 0) is 30.7 Å². The van der Waals surface area contributed by atoms with Gasteiger partial charge in [-0.2, -0.15) is 0 Å². The molecule has 1 fully saturated rings. The van der Waals surface area contributed by atoms with Crippen LogP contribution < -0.4 is 5.73 Å². The van der Waals surface area contributed by atoms with E-state index in [1.807, 2.05) is 4.90 Å². The minimum Gasteiger partial charge on any atom is -0.480 e. The topological polar surface area (TPSA) is 75.8 Å². The van der Waals surface area contributed by atoms with Gasteiger partial charge in [-0.25, -0.2) is 4.39 Å². The number of nitrogen functional groups attached to an aromatic ring is 1. The van der Waals surface area contributed by atoms with Crippen molar-refractivity contribution >= 4 is 11.7 Å². The van der Waals surface area contributed by atoms with Crippen molar-refractivity contribution in [2.24, 2.45) is 0 Å². The Kier molecular flexibility index (Phi) is 4.57. The van der Waals surface area contributed by atoms with Crippen LogP contribution in [0.15, 0.2) is 18.2 Å². The molecule has 3 N–H and O–H groups in total. The first-order valence-electron chi connectivity index (χ1n) is 6.53. The van der Waals surface area contributed by atoms with Crippen molar-refractivity contribution in [2.75, 3.05) is 32.5 Å². The minimum absolute atomic E-state index is 0.0171. The molecule has 1 aliphatic heterocycles. The molecule has 2 atom stereocenters. The molecular formula is C14H19FN2O3. The van der Waals surface area contributed by atoms with E-state index in [9.17, 15) is 9.18 Å². The number of rotatable bonds is 4. The molecule has 1 aromatic carbocycles. The van der Waals surface area contributed by atoms with Crippen LogP contribution in [0.3, 0.4) is 0 Å². The molecule has 6 heteroatoms. The molecule has 110 valence electrons. The first-order chi connectivity index (χ1) is 9.51. The second-order valence-electron chi connectivity index (χ2n) is 5.08. The zero-order valence-corrected chi connectivity index (χ0v) is 11.4. The highest BCUT2D eigenvalue weighted by molar-refractivity contribution is 5.69. The standard InChI is InChI=1S/C14H19FN2O3/c1-20-13-7-17(8-14(18)19)5-4-11(13)10-3-2-9(16)6-12(10)15/h2-3,6,11,13H,4-5,7-8,16H2,1H3,(H,18,19)/t11-,13+/m1/s1. The number of carbonyl (C=O) groups is 1. The van der Waals surface area contributed by atoms with Crippen molar-refractivity contribution < 1.29 is 19.0 Å². The van der Waals surface area contributed by atoms with Crippen LogP contribution in [0.4, 0.5) is 10.1 Å². The lowest BCUT2D eigenvalue weighted by Crippen LogP contribution is -2.45. The first kappa shape index (κ1) is 14.7. The summed E-state index contributed by atoms with van der Waals surface area (Å²) in [5, 5.41) is 8.83. The minimum atomic E-state index is -0.864. The van der Waals surface area contributed by atoms with Crippen molar-refractivity contribution in [2.45, 2.75) is 18.4 Å². The smallest absolute Gasteiger partial charge is 0.317 e. The predicted molar refractivity (Wildman–Crippen MR) is 73.0 cm³/mol.